The number of methoxy groups -OCH3 is 1. The van der Waals surface area contributed by atoms with Crippen LogP contribution in [0.15, 0.2) is 48.5 Å². The van der Waals surface area contributed by atoms with E-state index in [2.05, 4.69) is 5.32 Å². The average molecular weight is 378 g/mol. The first-order valence-corrected chi connectivity index (χ1v) is 8.21. The van der Waals surface area contributed by atoms with Crippen molar-refractivity contribution in [2.75, 3.05) is 23.9 Å². The largest absolute Gasteiger partial charge is 0.497 e. The van der Waals surface area contributed by atoms with Gasteiger partial charge in [-0.15, -0.1) is 0 Å². The Bertz CT molecular complexity index is 867. The number of nitrogens with zero attached hydrogens (tertiary/aromatic N) is 1. The standard InChI is InChI=1S/C19H17F3N2O3/c1-27-14-6-4-5-13(10-14)24-11-12(9-17(24)25)18(26)23-16-8-3-2-7-15(16)19(20,21)22/h2-8,10,12H,9,11H2,1H3,(H,23,26). The van der Waals surface area contributed by atoms with Gasteiger partial charge in [-0.25, -0.2) is 0 Å². The van der Waals surface area contributed by atoms with E-state index in [1.807, 2.05) is 0 Å². The van der Waals surface area contributed by atoms with Crippen LogP contribution in [0.2, 0.25) is 0 Å². The predicted molar refractivity (Wildman–Crippen MR) is 93.5 cm³/mol. The molecular formula is C19H17F3N2O3. The monoisotopic (exact) mass is 378 g/mol. The van der Waals surface area contributed by atoms with Crippen LogP contribution in [0.25, 0.3) is 0 Å². The number of halogens is 3. The van der Waals surface area contributed by atoms with Gasteiger partial charge in [0, 0.05) is 24.7 Å². The summed E-state index contributed by atoms with van der Waals surface area (Å²) in [7, 11) is 1.50. The number of ether oxygens (including phenoxy) is 1. The SMILES string of the molecule is COc1cccc(N2CC(C(=O)Nc3ccccc3C(F)(F)F)CC2=O)c1. The van der Waals surface area contributed by atoms with Crippen LogP contribution >= 0.6 is 0 Å². The second-order valence-corrected chi connectivity index (χ2v) is 6.14. The molecule has 1 N–H and O–H groups in total. The summed E-state index contributed by atoms with van der Waals surface area (Å²) in [5, 5.41) is 2.31. The summed E-state index contributed by atoms with van der Waals surface area (Å²) in [6, 6.07) is 11.6. The first-order valence-electron chi connectivity index (χ1n) is 8.21. The minimum Gasteiger partial charge on any atom is -0.497 e. The van der Waals surface area contributed by atoms with Crippen LogP contribution in [0.5, 0.6) is 5.75 Å². The van der Waals surface area contributed by atoms with Crippen LogP contribution in [0, 0.1) is 5.92 Å². The Morgan fingerprint density at radius 3 is 2.63 bits per heavy atom. The van der Waals surface area contributed by atoms with Crippen LogP contribution in [0.1, 0.15) is 12.0 Å². The first kappa shape index (κ1) is 18.8. The molecule has 0 radical (unpaired) electrons. The number of anilines is 2. The van der Waals surface area contributed by atoms with Gasteiger partial charge in [0.1, 0.15) is 5.75 Å². The van der Waals surface area contributed by atoms with Gasteiger partial charge in [-0.05, 0) is 24.3 Å². The molecule has 1 aliphatic heterocycles. The second kappa shape index (κ2) is 7.30. The lowest BCUT2D eigenvalue weighted by Crippen LogP contribution is -2.28. The zero-order chi connectivity index (χ0) is 19.6. The Hall–Kier alpha value is -3.03. The summed E-state index contributed by atoms with van der Waals surface area (Å²) in [5.41, 5.74) is -0.667. The van der Waals surface area contributed by atoms with Crippen molar-refractivity contribution in [2.45, 2.75) is 12.6 Å². The molecule has 0 bridgehead atoms. The number of hydrogen-bond acceptors (Lipinski definition) is 3. The van der Waals surface area contributed by atoms with Gasteiger partial charge in [0.25, 0.3) is 0 Å². The molecule has 1 atom stereocenters. The van der Waals surface area contributed by atoms with Crippen LogP contribution in [0.3, 0.4) is 0 Å². The molecule has 27 heavy (non-hydrogen) atoms. The van der Waals surface area contributed by atoms with Crippen molar-refractivity contribution in [1.82, 2.24) is 0 Å². The van der Waals surface area contributed by atoms with Crippen molar-refractivity contribution >= 4 is 23.2 Å². The predicted octanol–water partition coefficient (Wildman–Crippen LogP) is 3.71. The van der Waals surface area contributed by atoms with E-state index in [1.165, 1.54) is 30.2 Å². The second-order valence-electron chi connectivity index (χ2n) is 6.14. The topological polar surface area (TPSA) is 58.6 Å². The summed E-state index contributed by atoms with van der Waals surface area (Å²) in [5.74, 6) is -1.07. The third-order valence-electron chi connectivity index (χ3n) is 4.35. The zero-order valence-corrected chi connectivity index (χ0v) is 14.4. The van der Waals surface area contributed by atoms with Gasteiger partial charge in [0.05, 0.1) is 24.3 Å². The Morgan fingerprint density at radius 2 is 1.93 bits per heavy atom. The van der Waals surface area contributed by atoms with E-state index in [4.69, 9.17) is 4.74 Å². The zero-order valence-electron chi connectivity index (χ0n) is 14.4. The lowest BCUT2D eigenvalue weighted by Gasteiger charge is -2.18. The Morgan fingerprint density at radius 1 is 1.19 bits per heavy atom. The fraction of sp³-hybridized carbons (Fsp3) is 0.263. The van der Waals surface area contributed by atoms with Crippen LogP contribution in [-0.2, 0) is 15.8 Å². The highest BCUT2D eigenvalue weighted by Gasteiger charge is 2.37. The molecule has 2 amide bonds. The molecule has 1 unspecified atom stereocenters. The molecule has 5 nitrogen and oxygen atoms in total. The molecule has 142 valence electrons. The van der Waals surface area contributed by atoms with E-state index < -0.39 is 23.6 Å². The van der Waals surface area contributed by atoms with Gasteiger partial charge in [0.2, 0.25) is 11.8 Å². The van der Waals surface area contributed by atoms with Crippen LogP contribution in [0.4, 0.5) is 24.5 Å². The van der Waals surface area contributed by atoms with Crippen LogP contribution < -0.4 is 15.0 Å². The van der Waals surface area contributed by atoms with Crippen molar-refractivity contribution in [3.63, 3.8) is 0 Å². The summed E-state index contributed by atoms with van der Waals surface area (Å²) >= 11 is 0. The van der Waals surface area contributed by atoms with Crippen molar-refractivity contribution in [2.24, 2.45) is 5.92 Å². The van der Waals surface area contributed by atoms with Crippen molar-refractivity contribution in [3.8, 4) is 5.75 Å². The lowest BCUT2D eigenvalue weighted by atomic mass is 10.1. The number of amides is 2. The maximum absolute atomic E-state index is 13.1. The fourth-order valence-electron chi connectivity index (χ4n) is 2.99. The molecule has 1 saturated heterocycles. The van der Waals surface area contributed by atoms with E-state index in [0.717, 1.165) is 6.07 Å². The highest BCUT2D eigenvalue weighted by atomic mass is 19.4. The fourth-order valence-corrected chi connectivity index (χ4v) is 2.99. The highest BCUT2D eigenvalue weighted by molar-refractivity contribution is 6.03. The minimum atomic E-state index is -4.58. The van der Waals surface area contributed by atoms with E-state index >= 15 is 0 Å². The average Bonchev–Trinajstić information content (AvgIpc) is 3.03. The highest BCUT2D eigenvalue weighted by Crippen LogP contribution is 2.35. The summed E-state index contributed by atoms with van der Waals surface area (Å²) < 4.78 is 44.3. The molecule has 1 heterocycles. The van der Waals surface area contributed by atoms with E-state index in [9.17, 15) is 22.8 Å². The quantitative estimate of drug-likeness (QED) is 0.883. The number of carbonyl (C=O) groups is 2. The third kappa shape index (κ3) is 4.05. The van der Waals surface area contributed by atoms with Gasteiger partial charge in [-0.3, -0.25) is 9.59 Å². The molecule has 3 rings (SSSR count). The summed E-state index contributed by atoms with van der Waals surface area (Å²) in [6.07, 6.45) is -4.65. The molecule has 0 spiro atoms. The van der Waals surface area contributed by atoms with Gasteiger partial charge in [-0.1, -0.05) is 18.2 Å². The van der Waals surface area contributed by atoms with E-state index in [1.54, 1.807) is 24.3 Å². The number of benzene rings is 2. The molecule has 2 aromatic rings. The van der Waals surface area contributed by atoms with Crippen molar-refractivity contribution < 1.29 is 27.5 Å². The molecule has 1 aliphatic rings. The lowest BCUT2D eigenvalue weighted by molar-refractivity contribution is -0.137. The Labute approximate surface area is 153 Å². The minimum absolute atomic E-state index is 0.0722. The number of hydrogen-bond donors (Lipinski definition) is 1. The molecule has 1 fully saturated rings. The molecule has 2 aromatic carbocycles. The normalized spacial score (nSPS) is 17.1. The third-order valence-corrected chi connectivity index (χ3v) is 4.35. The number of para-hydroxylation sites is 1. The van der Waals surface area contributed by atoms with Gasteiger partial charge in [-0.2, -0.15) is 13.2 Å². The maximum atomic E-state index is 13.1. The number of nitrogens with one attached hydrogen (secondary N) is 1. The van der Waals surface area contributed by atoms with Gasteiger partial charge < -0.3 is 15.0 Å². The van der Waals surface area contributed by atoms with Crippen LogP contribution in [-0.4, -0.2) is 25.5 Å². The summed E-state index contributed by atoms with van der Waals surface area (Å²) in [4.78, 5) is 26.2. The molecule has 0 aromatic heterocycles. The van der Waals surface area contributed by atoms with Crippen molar-refractivity contribution in [1.29, 1.82) is 0 Å². The van der Waals surface area contributed by atoms with Gasteiger partial charge >= 0.3 is 6.18 Å². The Balaban J connectivity index is 1.75. The molecule has 8 heteroatoms. The molecular weight excluding hydrogens is 361 g/mol. The molecule has 0 aliphatic carbocycles. The van der Waals surface area contributed by atoms with Gasteiger partial charge in [0.15, 0.2) is 0 Å². The Kier molecular flexibility index (Phi) is 5.07. The van der Waals surface area contributed by atoms with Crippen molar-refractivity contribution in [3.05, 3.63) is 54.1 Å². The van der Waals surface area contributed by atoms with E-state index in [-0.39, 0.29) is 24.6 Å². The number of rotatable bonds is 4. The molecule has 0 saturated carbocycles. The maximum Gasteiger partial charge on any atom is 0.418 e. The smallest absolute Gasteiger partial charge is 0.418 e. The van der Waals surface area contributed by atoms with E-state index in [0.29, 0.717) is 11.4 Å². The number of alkyl halides is 3. The first-order chi connectivity index (χ1) is 12.8. The summed E-state index contributed by atoms with van der Waals surface area (Å²) in [6.45, 7) is 0.0893. The number of carbonyl (C=O) groups excluding carboxylic acids is 2.